The van der Waals surface area contributed by atoms with Crippen LogP contribution >= 0.6 is 24.8 Å². The summed E-state index contributed by atoms with van der Waals surface area (Å²) in [6, 6.07) is 0. The van der Waals surface area contributed by atoms with Crippen LogP contribution in [0.2, 0.25) is 0 Å². The van der Waals surface area contributed by atoms with Crippen molar-refractivity contribution in [1.82, 2.24) is 0 Å². The maximum absolute atomic E-state index is 2.18. The molecule has 0 aliphatic heterocycles. The van der Waals surface area contributed by atoms with E-state index in [0.29, 0.717) is 0 Å². The van der Waals surface area contributed by atoms with E-state index in [9.17, 15) is 0 Å². The van der Waals surface area contributed by atoms with E-state index >= 15 is 0 Å². The van der Waals surface area contributed by atoms with Crippen LogP contribution in [0.1, 0.15) is 26.7 Å². The Bertz CT molecular complexity index is 11.7. The number of hydrogen-bond acceptors (Lipinski definition) is 0. The summed E-state index contributed by atoms with van der Waals surface area (Å²) in [6.45, 7) is 4.36. The fourth-order valence-corrected chi connectivity index (χ4v) is 0. The molecule has 0 saturated carbocycles. The molecule has 0 heterocycles. The Morgan fingerprint density at radius 3 is 1.00 bits per heavy atom. The van der Waals surface area contributed by atoms with Gasteiger partial charge in [-0.2, -0.15) is 0 Å². The van der Waals surface area contributed by atoms with Crippen LogP contribution in [0.15, 0.2) is 0 Å². The monoisotopic (exact) mass is 340 g/mol. The first-order chi connectivity index (χ1) is 1.91. The minimum atomic E-state index is 0. The predicted molar refractivity (Wildman–Crippen MR) is 43.6 cm³/mol. The van der Waals surface area contributed by atoms with Gasteiger partial charge in [0.1, 0.15) is 0 Å². The van der Waals surface area contributed by atoms with Crippen molar-refractivity contribution in [2.45, 2.75) is 26.7 Å². The Kier molecular flexibility index (Phi) is 87.2. The molecule has 2 radical (unpaired) electrons. The molecule has 0 N–H and O–H groups in total. The van der Waals surface area contributed by atoms with E-state index in [1.165, 1.54) is 12.8 Å². The van der Waals surface area contributed by atoms with Crippen LogP contribution in [-0.2, 0) is 0 Å². The van der Waals surface area contributed by atoms with Crippen molar-refractivity contribution in [2.24, 2.45) is 0 Å². The van der Waals surface area contributed by atoms with E-state index in [2.05, 4.69) is 13.8 Å². The summed E-state index contributed by atoms with van der Waals surface area (Å²) in [7, 11) is 0. The van der Waals surface area contributed by atoms with Gasteiger partial charge in [0.25, 0.3) is 0 Å². The molecule has 0 atom stereocenters. The van der Waals surface area contributed by atoms with Gasteiger partial charge in [0.2, 0.25) is 0 Å². The van der Waals surface area contributed by atoms with E-state index in [-0.39, 0.29) is 52.1 Å². The number of unbranched alkanes of at least 4 members (excludes halogenated alkanes) is 1. The zero-order valence-electron chi connectivity index (χ0n) is 4.94. The molecular weight excluding hydrogens is 326 g/mol. The Hall–Kier alpha value is 1.50. The molecular formula is C4H14Cl2Pb. The molecule has 0 aromatic carbocycles. The Morgan fingerprint density at radius 2 is 1.00 bits per heavy atom. The fourth-order valence-electron chi connectivity index (χ4n) is 0. The van der Waals surface area contributed by atoms with Crippen LogP contribution in [-0.4, -0.2) is 27.3 Å². The van der Waals surface area contributed by atoms with Gasteiger partial charge < -0.3 is 0 Å². The van der Waals surface area contributed by atoms with E-state index in [1.54, 1.807) is 0 Å². The molecule has 0 nitrogen and oxygen atoms in total. The molecule has 7 heavy (non-hydrogen) atoms. The molecule has 0 bridgehead atoms. The molecule has 0 aliphatic rings. The minimum absolute atomic E-state index is 0. The van der Waals surface area contributed by atoms with Gasteiger partial charge in [-0.25, -0.2) is 0 Å². The first-order valence-electron chi connectivity index (χ1n) is 1.91. The van der Waals surface area contributed by atoms with Gasteiger partial charge in [-0.3, -0.25) is 0 Å². The summed E-state index contributed by atoms with van der Waals surface area (Å²) in [4.78, 5) is 0. The summed E-state index contributed by atoms with van der Waals surface area (Å²) < 4.78 is 0. The standard InChI is InChI=1S/C4H10.2ClH.Pb.2H/c1-3-4-2;;;;;/h3-4H2,1-2H3;2*1H;;;. The molecule has 0 fully saturated rings. The molecule has 0 aliphatic carbocycles. The summed E-state index contributed by atoms with van der Waals surface area (Å²) in [5.74, 6) is 0. The summed E-state index contributed by atoms with van der Waals surface area (Å²) in [5.41, 5.74) is 0. The third-order valence-corrected chi connectivity index (χ3v) is 0.500. The fraction of sp³-hybridized carbons (Fsp3) is 1.00. The Morgan fingerprint density at radius 1 is 0.857 bits per heavy atom. The van der Waals surface area contributed by atoms with Crippen molar-refractivity contribution < 1.29 is 0 Å². The molecule has 3 heteroatoms. The zero-order chi connectivity index (χ0) is 3.41. The summed E-state index contributed by atoms with van der Waals surface area (Å²) >= 11 is 0. The molecule has 0 saturated heterocycles. The van der Waals surface area contributed by atoms with Crippen LogP contribution in [0, 0.1) is 0 Å². The molecule has 0 unspecified atom stereocenters. The second-order valence-corrected chi connectivity index (χ2v) is 1.000. The molecule has 48 valence electrons. The van der Waals surface area contributed by atoms with Gasteiger partial charge in [0.05, 0.1) is 0 Å². The third kappa shape index (κ3) is 36.3. The summed E-state index contributed by atoms with van der Waals surface area (Å²) in [5, 5.41) is 0. The number of rotatable bonds is 1. The molecule has 0 amide bonds. The average Bonchev–Trinajstić information content (AvgIpc) is 1.37. The van der Waals surface area contributed by atoms with Crippen LogP contribution in [0.3, 0.4) is 0 Å². The predicted octanol–water partition coefficient (Wildman–Crippen LogP) is 1.73. The van der Waals surface area contributed by atoms with Crippen molar-refractivity contribution in [3.05, 3.63) is 0 Å². The van der Waals surface area contributed by atoms with Crippen LogP contribution < -0.4 is 0 Å². The molecule has 0 spiro atoms. The van der Waals surface area contributed by atoms with Gasteiger partial charge in [-0.15, -0.1) is 24.8 Å². The van der Waals surface area contributed by atoms with Crippen molar-refractivity contribution in [3.63, 3.8) is 0 Å². The quantitative estimate of drug-likeness (QED) is 0.638. The van der Waals surface area contributed by atoms with E-state index in [4.69, 9.17) is 0 Å². The number of hydrogen-bond donors (Lipinski definition) is 0. The number of halogens is 2. The van der Waals surface area contributed by atoms with E-state index in [1.807, 2.05) is 0 Å². The second-order valence-electron chi connectivity index (χ2n) is 1.000. The summed E-state index contributed by atoms with van der Waals surface area (Å²) in [6.07, 6.45) is 2.64. The first-order valence-corrected chi connectivity index (χ1v) is 1.91. The van der Waals surface area contributed by atoms with E-state index in [0.717, 1.165) is 0 Å². The van der Waals surface area contributed by atoms with Crippen LogP contribution in [0.4, 0.5) is 0 Å². The van der Waals surface area contributed by atoms with Crippen molar-refractivity contribution >= 4 is 52.1 Å². The van der Waals surface area contributed by atoms with Gasteiger partial charge in [0.15, 0.2) is 0 Å². The van der Waals surface area contributed by atoms with Gasteiger partial charge >= 0.3 is 27.3 Å². The van der Waals surface area contributed by atoms with E-state index < -0.39 is 0 Å². The zero-order valence-corrected chi connectivity index (χ0v) is 12.1. The second kappa shape index (κ2) is 25.9. The first kappa shape index (κ1) is 23.6. The van der Waals surface area contributed by atoms with Crippen LogP contribution in [0.25, 0.3) is 0 Å². The van der Waals surface area contributed by atoms with Crippen molar-refractivity contribution in [3.8, 4) is 0 Å². The van der Waals surface area contributed by atoms with Gasteiger partial charge in [-0.05, 0) is 0 Å². The molecule has 0 aromatic rings. The molecule has 0 aromatic heterocycles. The third-order valence-electron chi connectivity index (χ3n) is 0.500. The Balaban J connectivity index is -0.0000000150. The average molecular weight is 340 g/mol. The topological polar surface area (TPSA) is 0 Å². The SMILES string of the molecule is CCCC.Cl.Cl.[PbH2]. The normalized spacial score (nSPS) is 4.29. The van der Waals surface area contributed by atoms with Gasteiger partial charge in [0, 0.05) is 0 Å². The van der Waals surface area contributed by atoms with Crippen molar-refractivity contribution in [2.75, 3.05) is 0 Å². The Labute approximate surface area is 78.4 Å². The maximum atomic E-state index is 2.18. The van der Waals surface area contributed by atoms with Crippen LogP contribution in [0.5, 0.6) is 0 Å². The van der Waals surface area contributed by atoms with Crippen molar-refractivity contribution in [1.29, 1.82) is 0 Å². The molecule has 0 rings (SSSR count). The van der Waals surface area contributed by atoms with Gasteiger partial charge in [-0.1, -0.05) is 26.7 Å².